The first-order valence-corrected chi connectivity index (χ1v) is 6.14. The third-order valence-electron chi connectivity index (χ3n) is 2.29. The molecular formula is C9H17ClOS. The average molecular weight is 209 g/mol. The van der Waals surface area contributed by atoms with Crippen molar-refractivity contribution >= 4 is 23.4 Å². The van der Waals surface area contributed by atoms with Crippen molar-refractivity contribution in [1.82, 2.24) is 0 Å². The van der Waals surface area contributed by atoms with Crippen LogP contribution in [-0.4, -0.2) is 30.6 Å². The molecule has 0 aromatic heterocycles. The number of alkyl halides is 1. The summed E-state index contributed by atoms with van der Waals surface area (Å²) in [7, 11) is 1.76. The highest BCUT2D eigenvalue weighted by molar-refractivity contribution is 7.99. The maximum Gasteiger partial charge on any atom is 0.0462 e. The number of halogens is 1. The summed E-state index contributed by atoms with van der Waals surface area (Å²) < 4.78 is 5.00. The van der Waals surface area contributed by atoms with Gasteiger partial charge < -0.3 is 4.74 Å². The Labute approximate surface area is 84.2 Å². The zero-order chi connectivity index (χ0) is 8.81. The molecule has 1 aliphatic rings. The molecule has 2 atom stereocenters. The molecule has 1 nitrogen and oxygen atoms in total. The Hall–Kier alpha value is 0.600. The molecule has 1 rings (SSSR count). The Kier molecular flexibility index (Phi) is 5.44. The van der Waals surface area contributed by atoms with E-state index in [1.807, 2.05) is 11.8 Å². The predicted octanol–water partition coefficient (Wildman–Crippen LogP) is 2.77. The molecule has 0 aromatic carbocycles. The fraction of sp³-hybridized carbons (Fsp3) is 1.00. The Bertz CT molecular complexity index is 121. The number of ether oxygens (including phenoxy) is 1. The van der Waals surface area contributed by atoms with Crippen LogP contribution >= 0.6 is 23.4 Å². The van der Waals surface area contributed by atoms with Crippen molar-refractivity contribution in [2.24, 2.45) is 5.92 Å². The van der Waals surface area contributed by atoms with E-state index in [0.717, 1.165) is 18.3 Å². The minimum Gasteiger partial charge on any atom is -0.385 e. The van der Waals surface area contributed by atoms with Crippen molar-refractivity contribution in [2.45, 2.75) is 24.6 Å². The fourth-order valence-corrected chi connectivity index (χ4v) is 3.41. The molecule has 0 radical (unpaired) electrons. The Balaban J connectivity index is 1.98. The van der Waals surface area contributed by atoms with Gasteiger partial charge in [0.1, 0.15) is 0 Å². The van der Waals surface area contributed by atoms with Crippen molar-refractivity contribution < 1.29 is 4.74 Å². The van der Waals surface area contributed by atoms with Gasteiger partial charge in [-0.2, -0.15) is 11.8 Å². The van der Waals surface area contributed by atoms with Crippen LogP contribution in [0.5, 0.6) is 0 Å². The van der Waals surface area contributed by atoms with Gasteiger partial charge in [0.2, 0.25) is 0 Å². The normalized spacial score (nSPS) is 29.5. The van der Waals surface area contributed by atoms with Gasteiger partial charge in [-0.15, -0.1) is 11.6 Å². The summed E-state index contributed by atoms with van der Waals surface area (Å²) in [6.07, 6.45) is 3.73. The largest absolute Gasteiger partial charge is 0.385 e. The zero-order valence-corrected chi connectivity index (χ0v) is 9.16. The second-order valence-corrected chi connectivity index (χ2v) is 4.94. The van der Waals surface area contributed by atoms with Crippen molar-refractivity contribution in [2.75, 3.05) is 25.2 Å². The number of methoxy groups -OCH3 is 1. The van der Waals surface area contributed by atoms with E-state index in [-0.39, 0.29) is 0 Å². The summed E-state index contributed by atoms with van der Waals surface area (Å²) in [5.74, 6) is 3.17. The van der Waals surface area contributed by atoms with Gasteiger partial charge >= 0.3 is 0 Å². The van der Waals surface area contributed by atoms with Crippen LogP contribution in [0.2, 0.25) is 0 Å². The van der Waals surface area contributed by atoms with Crippen LogP contribution in [0.15, 0.2) is 0 Å². The van der Waals surface area contributed by atoms with E-state index >= 15 is 0 Å². The van der Waals surface area contributed by atoms with Crippen molar-refractivity contribution in [1.29, 1.82) is 0 Å². The van der Waals surface area contributed by atoms with E-state index in [1.165, 1.54) is 25.0 Å². The second-order valence-electron chi connectivity index (χ2n) is 3.30. The molecule has 0 amide bonds. The standard InChI is InChI=1S/C9H17ClOS/c1-11-5-3-2-4-8-6-12-7-9(8)10/h8-9H,2-7H2,1H3. The summed E-state index contributed by atoms with van der Waals surface area (Å²) >= 11 is 8.13. The molecule has 1 fully saturated rings. The van der Waals surface area contributed by atoms with E-state index < -0.39 is 0 Å². The van der Waals surface area contributed by atoms with E-state index in [9.17, 15) is 0 Å². The topological polar surface area (TPSA) is 9.23 Å². The third-order valence-corrected chi connectivity index (χ3v) is 4.25. The summed E-state index contributed by atoms with van der Waals surface area (Å²) in [6.45, 7) is 0.896. The van der Waals surface area contributed by atoms with Crippen LogP contribution in [0.25, 0.3) is 0 Å². The van der Waals surface area contributed by atoms with E-state index in [0.29, 0.717) is 5.38 Å². The number of thioether (sulfide) groups is 1. The monoisotopic (exact) mass is 208 g/mol. The molecule has 0 N–H and O–H groups in total. The molecule has 0 bridgehead atoms. The lowest BCUT2D eigenvalue weighted by molar-refractivity contribution is 0.190. The van der Waals surface area contributed by atoms with Crippen LogP contribution in [0.3, 0.4) is 0 Å². The van der Waals surface area contributed by atoms with Gasteiger partial charge in [0.25, 0.3) is 0 Å². The van der Waals surface area contributed by atoms with Gasteiger partial charge in [0, 0.05) is 24.8 Å². The molecule has 0 aromatic rings. The van der Waals surface area contributed by atoms with Gasteiger partial charge in [-0.05, 0) is 24.5 Å². The molecule has 12 heavy (non-hydrogen) atoms. The predicted molar refractivity (Wildman–Crippen MR) is 56.2 cm³/mol. The molecule has 0 saturated carbocycles. The van der Waals surface area contributed by atoms with Crippen LogP contribution in [0.4, 0.5) is 0 Å². The highest BCUT2D eigenvalue weighted by atomic mass is 35.5. The molecule has 3 heteroatoms. The molecule has 72 valence electrons. The number of rotatable bonds is 5. The SMILES string of the molecule is COCCCCC1CSCC1Cl. The quantitative estimate of drug-likeness (QED) is 0.508. The maximum absolute atomic E-state index is 6.14. The molecule has 2 unspecified atom stereocenters. The van der Waals surface area contributed by atoms with Crippen LogP contribution in [-0.2, 0) is 4.74 Å². The van der Waals surface area contributed by atoms with Crippen LogP contribution < -0.4 is 0 Å². The first kappa shape index (κ1) is 10.7. The summed E-state index contributed by atoms with van der Waals surface area (Å²) in [5, 5.41) is 0.428. The van der Waals surface area contributed by atoms with E-state index in [2.05, 4.69) is 0 Å². The van der Waals surface area contributed by atoms with Gasteiger partial charge in [-0.25, -0.2) is 0 Å². The van der Waals surface area contributed by atoms with Crippen LogP contribution in [0, 0.1) is 5.92 Å². The summed E-state index contributed by atoms with van der Waals surface area (Å²) in [4.78, 5) is 0. The van der Waals surface area contributed by atoms with E-state index in [4.69, 9.17) is 16.3 Å². The number of unbranched alkanes of at least 4 members (excludes halogenated alkanes) is 1. The first-order chi connectivity index (χ1) is 5.84. The summed E-state index contributed by atoms with van der Waals surface area (Å²) in [5.41, 5.74) is 0. The Morgan fingerprint density at radius 2 is 2.25 bits per heavy atom. The third kappa shape index (κ3) is 3.55. The molecule has 1 heterocycles. The zero-order valence-electron chi connectivity index (χ0n) is 7.59. The minimum atomic E-state index is 0.428. The number of hydrogen-bond donors (Lipinski definition) is 0. The molecule has 1 aliphatic heterocycles. The molecule has 1 saturated heterocycles. The maximum atomic E-state index is 6.14. The Morgan fingerprint density at radius 3 is 2.83 bits per heavy atom. The van der Waals surface area contributed by atoms with Gasteiger partial charge in [-0.1, -0.05) is 6.42 Å². The Morgan fingerprint density at radius 1 is 1.42 bits per heavy atom. The van der Waals surface area contributed by atoms with Gasteiger partial charge in [-0.3, -0.25) is 0 Å². The molecular weight excluding hydrogens is 192 g/mol. The highest BCUT2D eigenvalue weighted by Gasteiger charge is 2.24. The minimum absolute atomic E-state index is 0.428. The second kappa shape index (κ2) is 6.11. The van der Waals surface area contributed by atoms with Crippen molar-refractivity contribution in [3.8, 4) is 0 Å². The van der Waals surface area contributed by atoms with Crippen molar-refractivity contribution in [3.63, 3.8) is 0 Å². The smallest absolute Gasteiger partial charge is 0.0462 e. The highest BCUT2D eigenvalue weighted by Crippen LogP contribution is 2.31. The van der Waals surface area contributed by atoms with Gasteiger partial charge in [0.15, 0.2) is 0 Å². The average Bonchev–Trinajstić information content (AvgIpc) is 2.46. The van der Waals surface area contributed by atoms with Gasteiger partial charge in [0.05, 0.1) is 0 Å². The summed E-state index contributed by atoms with van der Waals surface area (Å²) in [6, 6.07) is 0. The lowest BCUT2D eigenvalue weighted by Crippen LogP contribution is -2.11. The molecule has 0 spiro atoms. The lowest BCUT2D eigenvalue weighted by Gasteiger charge is -2.11. The number of hydrogen-bond acceptors (Lipinski definition) is 2. The fourth-order valence-electron chi connectivity index (χ4n) is 1.49. The molecule has 0 aliphatic carbocycles. The van der Waals surface area contributed by atoms with Crippen molar-refractivity contribution in [3.05, 3.63) is 0 Å². The first-order valence-electron chi connectivity index (χ1n) is 4.55. The lowest BCUT2D eigenvalue weighted by atomic mass is 10.0. The van der Waals surface area contributed by atoms with E-state index in [1.54, 1.807) is 7.11 Å². The van der Waals surface area contributed by atoms with Crippen LogP contribution in [0.1, 0.15) is 19.3 Å².